The monoisotopic (exact) mass is 600 g/mol. The first kappa shape index (κ1) is 27.9. The van der Waals surface area contributed by atoms with E-state index in [1.165, 1.54) is 0 Å². The molecular formula is C29H30O5P2Se. The molecule has 0 aliphatic rings. The fourth-order valence-corrected chi connectivity index (χ4v) is 11.3. The van der Waals surface area contributed by atoms with E-state index in [9.17, 15) is 4.57 Å². The fourth-order valence-electron chi connectivity index (χ4n) is 3.44. The van der Waals surface area contributed by atoms with Gasteiger partial charge in [0, 0.05) is 0 Å². The maximum absolute atomic E-state index is 14.2. The van der Waals surface area contributed by atoms with Gasteiger partial charge in [0.2, 0.25) is 0 Å². The van der Waals surface area contributed by atoms with E-state index in [1.807, 2.05) is 121 Å². The van der Waals surface area contributed by atoms with E-state index in [0.717, 1.165) is 22.3 Å². The second-order valence-electron chi connectivity index (χ2n) is 8.40. The molecule has 0 unspecified atom stereocenters. The summed E-state index contributed by atoms with van der Waals surface area (Å²) in [6.07, 6.45) is 0. The minimum absolute atomic E-state index is 0.0145. The van der Waals surface area contributed by atoms with Crippen LogP contribution >= 0.6 is 13.6 Å². The standard InChI is InChI=1S/C29H30O5P2Se/c30-35(31-21-26-13-5-1-6-14-26,32-22-27-15-7-2-8-16-27)25-36(37,33-23-28-17-9-3-10-18-28)34-24-29-19-11-4-12-20-29/h1-20H,21-25H2. The van der Waals surface area contributed by atoms with Gasteiger partial charge in [-0.05, 0) is 0 Å². The molecule has 0 bridgehead atoms. The molecule has 0 amide bonds. The zero-order valence-electron chi connectivity index (χ0n) is 20.4. The van der Waals surface area contributed by atoms with Gasteiger partial charge in [-0.1, -0.05) is 0 Å². The first-order valence-corrected chi connectivity index (χ1v) is 17.7. The Hall–Kier alpha value is -2.10. The van der Waals surface area contributed by atoms with Crippen LogP contribution in [-0.2, 0) is 49.1 Å². The summed E-state index contributed by atoms with van der Waals surface area (Å²) in [5.41, 5.74) is 3.81. The summed E-state index contributed by atoms with van der Waals surface area (Å²) in [5.74, 6) is -2.82. The summed E-state index contributed by atoms with van der Waals surface area (Å²) >= 11 is 3.12. The van der Waals surface area contributed by atoms with Gasteiger partial charge in [-0.15, -0.1) is 0 Å². The van der Waals surface area contributed by atoms with Crippen LogP contribution < -0.4 is 0 Å². The quantitative estimate of drug-likeness (QED) is 0.109. The van der Waals surface area contributed by atoms with E-state index < -0.39 is 13.6 Å². The maximum atomic E-state index is 14.2. The predicted octanol–water partition coefficient (Wildman–Crippen LogP) is 7.94. The Morgan fingerprint density at radius 3 is 1.03 bits per heavy atom. The van der Waals surface area contributed by atoms with Crippen LogP contribution in [0.4, 0.5) is 0 Å². The van der Waals surface area contributed by atoms with Crippen LogP contribution in [0.1, 0.15) is 22.3 Å². The Kier molecular flexibility index (Phi) is 10.7. The molecule has 4 rings (SSSR count). The molecule has 0 aliphatic heterocycles. The third-order valence-electron chi connectivity index (χ3n) is 5.43. The Morgan fingerprint density at radius 2 is 0.730 bits per heavy atom. The van der Waals surface area contributed by atoms with Gasteiger partial charge in [0.05, 0.1) is 0 Å². The Balaban J connectivity index is 1.54. The molecule has 0 heterocycles. The molecule has 0 saturated carbocycles. The second kappa shape index (κ2) is 14.2. The van der Waals surface area contributed by atoms with Crippen molar-refractivity contribution in [3.8, 4) is 0 Å². The first-order chi connectivity index (χ1) is 18.0. The predicted molar refractivity (Wildman–Crippen MR) is 150 cm³/mol. The van der Waals surface area contributed by atoms with E-state index >= 15 is 0 Å². The van der Waals surface area contributed by atoms with Crippen LogP contribution in [0.15, 0.2) is 121 Å². The minimum atomic E-state index is -3.65. The van der Waals surface area contributed by atoms with Crippen molar-refractivity contribution in [2.75, 3.05) is 5.90 Å². The molecule has 0 spiro atoms. The normalized spacial score (nSPS) is 11.9. The van der Waals surface area contributed by atoms with Gasteiger partial charge in [-0.25, -0.2) is 0 Å². The van der Waals surface area contributed by atoms with Gasteiger partial charge in [0.15, 0.2) is 0 Å². The molecule has 0 atom stereocenters. The molecule has 0 aromatic heterocycles. The molecule has 0 fully saturated rings. The van der Waals surface area contributed by atoms with Crippen molar-refractivity contribution in [3.05, 3.63) is 144 Å². The number of hydrogen-bond acceptors (Lipinski definition) is 5. The van der Waals surface area contributed by atoms with Gasteiger partial charge in [-0.2, -0.15) is 0 Å². The van der Waals surface area contributed by atoms with Crippen molar-refractivity contribution in [2.45, 2.75) is 26.4 Å². The number of hydrogen-bond donors (Lipinski definition) is 0. The summed E-state index contributed by atoms with van der Waals surface area (Å²) in [4.78, 5) is 0. The summed E-state index contributed by atoms with van der Waals surface area (Å²) in [6.45, 7) is 0.941. The molecule has 4 aromatic rings. The SMILES string of the molecule is O=P(CP(=[Se])(OCc1ccccc1)OCc1ccccc1)(OCc1ccccc1)OCc1ccccc1. The second-order valence-corrected chi connectivity index (χ2v) is 16.5. The van der Waals surface area contributed by atoms with Crippen molar-refractivity contribution >= 4 is 28.7 Å². The van der Waals surface area contributed by atoms with Crippen molar-refractivity contribution in [3.63, 3.8) is 0 Å². The van der Waals surface area contributed by atoms with Gasteiger partial charge in [0.1, 0.15) is 0 Å². The van der Waals surface area contributed by atoms with E-state index in [4.69, 9.17) is 18.1 Å². The van der Waals surface area contributed by atoms with Crippen LogP contribution in [0.25, 0.3) is 0 Å². The molecule has 37 heavy (non-hydrogen) atoms. The van der Waals surface area contributed by atoms with Crippen molar-refractivity contribution in [1.82, 2.24) is 0 Å². The Morgan fingerprint density at radius 1 is 0.459 bits per heavy atom. The van der Waals surface area contributed by atoms with E-state index in [1.54, 1.807) is 0 Å². The van der Waals surface area contributed by atoms with Crippen molar-refractivity contribution in [2.24, 2.45) is 0 Å². The van der Waals surface area contributed by atoms with E-state index in [-0.39, 0.29) is 19.1 Å². The molecule has 0 saturated heterocycles. The van der Waals surface area contributed by atoms with Gasteiger partial charge >= 0.3 is 227 Å². The van der Waals surface area contributed by atoms with Crippen LogP contribution in [0, 0.1) is 0 Å². The third-order valence-corrected chi connectivity index (χ3v) is 13.8. The molecule has 0 aliphatic carbocycles. The Labute approximate surface area is 226 Å². The third kappa shape index (κ3) is 9.61. The summed E-state index contributed by atoms with van der Waals surface area (Å²) in [7, 11) is -3.65. The van der Waals surface area contributed by atoms with Crippen LogP contribution in [0.2, 0.25) is 0 Å². The van der Waals surface area contributed by atoms with E-state index in [2.05, 4.69) is 15.1 Å². The molecule has 192 valence electrons. The van der Waals surface area contributed by atoms with Crippen LogP contribution in [0.5, 0.6) is 0 Å². The van der Waals surface area contributed by atoms with Crippen LogP contribution in [0.3, 0.4) is 0 Å². The van der Waals surface area contributed by atoms with E-state index in [0.29, 0.717) is 13.2 Å². The topological polar surface area (TPSA) is 54.0 Å². The van der Waals surface area contributed by atoms with Gasteiger partial charge < -0.3 is 0 Å². The molecule has 0 N–H and O–H groups in total. The molecule has 4 aromatic carbocycles. The molecular weight excluding hydrogens is 569 g/mol. The van der Waals surface area contributed by atoms with Crippen molar-refractivity contribution < 1.29 is 22.7 Å². The summed E-state index contributed by atoms with van der Waals surface area (Å²) in [5, 5.41) is 0. The summed E-state index contributed by atoms with van der Waals surface area (Å²) in [6, 6.07) is 39.0. The average molecular weight is 599 g/mol. The van der Waals surface area contributed by atoms with Crippen molar-refractivity contribution in [1.29, 1.82) is 0 Å². The summed E-state index contributed by atoms with van der Waals surface area (Å²) < 4.78 is 38.9. The zero-order chi connectivity index (χ0) is 25.8. The number of rotatable bonds is 14. The number of benzene rings is 4. The zero-order valence-corrected chi connectivity index (χ0v) is 23.9. The Bertz CT molecular complexity index is 1110. The molecule has 5 nitrogen and oxygen atoms in total. The van der Waals surface area contributed by atoms with Gasteiger partial charge in [0.25, 0.3) is 0 Å². The average Bonchev–Trinajstić information content (AvgIpc) is 2.95. The fraction of sp³-hybridized carbons (Fsp3) is 0.172. The first-order valence-electron chi connectivity index (χ1n) is 11.9. The molecule has 8 heteroatoms. The van der Waals surface area contributed by atoms with Crippen LogP contribution in [-0.4, -0.2) is 21.0 Å². The molecule has 0 radical (unpaired) electrons. The van der Waals surface area contributed by atoms with Gasteiger partial charge in [-0.3, -0.25) is 0 Å².